The Morgan fingerprint density at radius 3 is 1.06 bits per heavy atom. The molecule has 0 aliphatic rings. The smallest absolute Gasteiger partial charge is 0.220 e. The van der Waals surface area contributed by atoms with Crippen molar-refractivity contribution >= 4 is 5.91 Å². The molecule has 0 aliphatic carbocycles. The van der Waals surface area contributed by atoms with Crippen molar-refractivity contribution in [2.24, 2.45) is 0 Å². The Balaban J connectivity index is 3.50. The lowest BCUT2D eigenvalue weighted by Crippen LogP contribution is -2.45. The summed E-state index contributed by atoms with van der Waals surface area (Å²) < 4.78 is 0. The molecule has 1 amide bonds. The van der Waals surface area contributed by atoms with Gasteiger partial charge in [0.15, 0.2) is 0 Å². The molecule has 0 bridgehead atoms. The zero-order chi connectivity index (χ0) is 47.7. The molecule has 4 nitrogen and oxygen atoms in total. The van der Waals surface area contributed by atoms with Gasteiger partial charge < -0.3 is 15.5 Å². The van der Waals surface area contributed by atoms with E-state index < -0.39 is 12.1 Å². The van der Waals surface area contributed by atoms with Crippen LogP contribution in [-0.2, 0) is 4.79 Å². The topological polar surface area (TPSA) is 69.6 Å². The lowest BCUT2D eigenvalue weighted by molar-refractivity contribution is -0.123. The molecule has 66 heavy (non-hydrogen) atoms. The van der Waals surface area contributed by atoms with Crippen molar-refractivity contribution in [3.8, 4) is 0 Å². The fourth-order valence-corrected chi connectivity index (χ4v) is 7.72. The summed E-state index contributed by atoms with van der Waals surface area (Å²) >= 11 is 0. The molecule has 2 atom stereocenters. The first-order valence-electron chi connectivity index (χ1n) is 27.7. The zero-order valence-corrected chi connectivity index (χ0v) is 43.2. The highest BCUT2D eigenvalue weighted by molar-refractivity contribution is 5.76. The maximum atomic E-state index is 12.4. The third-order valence-electron chi connectivity index (χ3n) is 11.9. The summed E-state index contributed by atoms with van der Waals surface area (Å²) in [6.07, 6.45) is 86.5. The molecule has 0 aliphatic heterocycles. The Morgan fingerprint density at radius 2 is 0.682 bits per heavy atom. The maximum absolute atomic E-state index is 12.4. The minimum Gasteiger partial charge on any atom is -0.394 e. The van der Waals surface area contributed by atoms with Gasteiger partial charge in [-0.25, -0.2) is 0 Å². The van der Waals surface area contributed by atoms with Crippen LogP contribution in [0.15, 0.2) is 122 Å². The summed E-state index contributed by atoms with van der Waals surface area (Å²) in [4.78, 5) is 12.4. The van der Waals surface area contributed by atoms with Crippen LogP contribution in [0.2, 0.25) is 0 Å². The first-order valence-corrected chi connectivity index (χ1v) is 27.7. The summed E-state index contributed by atoms with van der Waals surface area (Å²) in [6.45, 7) is 4.14. The summed E-state index contributed by atoms with van der Waals surface area (Å²) in [5.74, 6) is -0.0809. The second kappa shape index (κ2) is 56.1. The van der Waals surface area contributed by atoms with Gasteiger partial charge in [-0.1, -0.05) is 257 Å². The SMILES string of the molecule is CC/C=C\C/C=C\C/C=C\C/C=C\C/C=C\C/C=C\C/C=C\CCCCCCCCCCCCCCCCCCCCCC(=O)NC(CO)C(O)/C=C/CC/C=C/CC/C=C/CCCCC. The second-order valence-corrected chi connectivity index (χ2v) is 18.2. The quantitative estimate of drug-likeness (QED) is 0.0421. The van der Waals surface area contributed by atoms with Crippen LogP contribution < -0.4 is 5.32 Å². The number of hydrogen-bond donors (Lipinski definition) is 3. The van der Waals surface area contributed by atoms with Crippen LogP contribution in [0, 0.1) is 0 Å². The molecule has 0 aromatic rings. The van der Waals surface area contributed by atoms with Crippen LogP contribution in [0.5, 0.6) is 0 Å². The van der Waals surface area contributed by atoms with Gasteiger partial charge in [0.2, 0.25) is 5.91 Å². The molecule has 0 fully saturated rings. The normalized spacial score (nSPS) is 13.8. The summed E-state index contributed by atoms with van der Waals surface area (Å²) in [5, 5.41) is 23.0. The van der Waals surface area contributed by atoms with Crippen molar-refractivity contribution < 1.29 is 15.0 Å². The summed E-state index contributed by atoms with van der Waals surface area (Å²) in [5.41, 5.74) is 0. The monoisotopic (exact) mass is 912 g/mol. The van der Waals surface area contributed by atoms with Gasteiger partial charge in [0.25, 0.3) is 0 Å². The van der Waals surface area contributed by atoms with Crippen molar-refractivity contribution in [3.05, 3.63) is 122 Å². The van der Waals surface area contributed by atoms with E-state index >= 15 is 0 Å². The Bertz CT molecular complexity index is 1310. The molecule has 0 saturated heterocycles. The van der Waals surface area contributed by atoms with Gasteiger partial charge in [0.05, 0.1) is 18.8 Å². The lowest BCUT2D eigenvalue weighted by Gasteiger charge is -2.19. The molecular formula is C62H105NO3. The first kappa shape index (κ1) is 62.8. The number of amides is 1. The van der Waals surface area contributed by atoms with Crippen molar-refractivity contribution in [2.75, 3.05) is 6.61 Å². The third-order valence-corrected chi connectivity index (χ3v) is 11.9. The fraction of sp³-hybridized carbons (Fsp3) is 0.661. The van der Waals surface area contributed by atoms with Crippen molar-refractivity contribution in [1.82, 2.24) is 5.32 Å². The minimum absolute atomic E-state index is 0.0809. The van der Waals surface area contributed by atoms with Crippen LogP contribution in [-0.4, -0.2) is 34.9 Å². The van der Waals surface area contributed by atoms with Crippen LogP contribution in [0.4, 0.5) is 0 Å². The first-order chi connectivity index (χ1) is 32.7. The molecule has 0 spiro atoms. The second-order valence-electron chi connectivity index (χ2n) is 18.2. The van der Waals surface area contributed by atoms with Gasteiger partial charge in [0, 0.05) is 6.42 Å². The van der Waals surface area contributed by atoms with Crippen LogP contribution in [0.25, 0.3) is 0 Å². The number of aliphatic hydroxyl groups is 2. The molecule has 0 rings (SSSR count). The number of carbonyl (C=O) groups is 1. The van der Waals surface area contributed by atoms with Gasteiger partial charge >= 0.3 is 0 Å². The minimum atomic E-state index is -0.873. The Kier molecular flexibility index (Phi) is 53.4. The molecule has 0 heterocycles. The summed E-state index contributed by atoms with van der Waals surface area (Å²) in [7, 11) is 0. The molecule has 0 radical (unpaired) electrons. The molecule has 0 aromatic carbocycles. The molecular weight excluding hydrogens is 807 g/mol. The lowest BCUT2D eigenvalue weighted by atomic mass is 10.0. The van der Waals surface area contributed by atoms with Gasteiger partial charge in [0.1, 0.15) is 0 Å². The Morgan fingerprint density at radius 1 is 0.379 bits per heavy atom. The third kappa shape index (κ3) is 51.8. The maximum Gasteiger partial charge on any atom is 0.220 e. The molecule has 3 N–H and O–H groups in total. The average molecular weight is 913 g/mol. The highest BCUT2D eigenvalue weighted by Gasteiger charge is 2.17. The molecule has 376 valence electrons. The van der Waals surface area contributed by atoms with Gasteiger partial charge in [-0.15, -0.1) is 0 Å². The molecule has 0 aromatic heterocycles. The van der Waals surface area contributed by atoms with Gasteiger partial charge in [-0.3, -0.25) is 4.79 Å². The van der Waals surface area contributed by atoms with E-state index in [1.807, 2.05) is 6.08 Å². The standard InChI is InChI=1S/C62H105NO3/c1-3-5-7-9-11-13-15-17-18-19-20-21-22-23-24-25-26-27-28-29-30-31-32-33-34-35-36-37-38-39-40-41-42-43-44-46-48-50-52-54-56-58-62(66)63-60(59-64)61(65)57-55-53-51-49-47-45-16-14-12-10-8-6-4-2/h5,7,11-14,17-18,20-21,23-24,26-27,29-30,47,49,55,57,60-61,64-65H,3-4,6,8-10,15-16,19,22,25,28,31-46,48,50-54,56,58-59H2,1-2H3,(H,63,66)/b7-5-,13-11-,14-12+,18-17-,21-20-,24-23-,27-26-,30-29-,49-47+,57-55+. The predicted octanol–water partition coefficient (Wildman–Crippen LogP) is 18.5. The van der Waals surface area contributed by atoms with E-state index in [1.54, 1.807) is 6.08 Å². The number of carbonyl (C=O) groups excluding carboxylic acids is 1. The van der Waals surface area contributed by atoms with E-state index in [1.165, 1.54) is 141 Å². The van der Waals surface area contributed by atoms with E-state index in [0.717, 1.165) is 83.5 Å². The molecule has 0 saturated carbocycles. The van der Waals surface area contributed by atoms with Gasteiger partial charge in [-0.2, -0.15) is 0 Å². The van der Waals surface area contributed by atoms with Crippen molar-refractivity contribution in [3.63, 3.8) is 0 Å². The average Bonchev–Trinajstić information content (AvgIpc) is 3.32. The van der Waals surface area contributed by atoms with E-state index in [4.69, 9.17) is 0 Å². The van der Waals surface area contributed by atoms with Gasteiger partial charge in [-0.05, 0) is 103 Å². The van der Waals surface area contributed by atoms with E-state index in [9.17, 15) is 15.0 Å². The van der Waals surface area contributed by atoms with E-state index in [0.29, 0.717) is 6.42 Å². The number of aliphatic hydroxyl groups excluding tert-OH is 2. The predicted molar refractivity (Wildman–Crippen MR) is 294 cm³/mol. The number of rotatable bonds is 49. The largest absolute Gasteiger partial charge is 0.394 e. The Hall–Kier alpha value is -3.21. The Labute approximate surface area is 409 Å². The van der Waals surface area contributed by atoms with Crippen molar-refractivity contribution in [1.29, 1.82) is 0 Å². The highest BCUT2D eigenvalue weighted by atomic mass is 16.3. The van der Waals surface area contributed by atoms with Crippen LogP contribution >= 0.6 is 0 Å². The number of hydrogen-bond acceptors (Lipinski definition) is 3. The highest BCUT2D eigenvalue weighted by Crippen LogP contribution is 2.16. The van der Waals surface area contributed by atoms with Crippen molar-refractivity contribution in [2.45, 2.75) is 257 Å². The van der Waals surface area contributed by atoms with Crippen LogP contribution in [0.1, 0.15) is 245 Å². The summed E-state index contributed by atoms with van der Waals surface area (Å²) in [6, 6.07) is -0.649. The number of allylic oxidation sites excluding steroid dienone is 19. The van der Waals surface area contributed by atoms with E-state index in [2.05, 4.69) is 129 Å². The molecule has 2 unspecified atom stereocenters. The number of unbranched alkanes of at least 4 members (excludes halogenated alkanes) is 24. The number of nitrogens with one attached hydrogen (secondary N) is 1. The zero-order valence-electron chi connectivity index (χ0n) is 43.2. The van der Waals surface area contributed by atoms with Crippen LogP contribution in [0.3, 0.4) is 0 Å². The fourth-order valence-electron chi connectivity index (χ4n) is 7.72. The molecule has 4 heteroatoms. The van der Waals surface area contributed by atoms with E-state index in [-0.39, 0.29) is 12.5 Å².